The van der Waals surface area contributed by atoms with Crippen LogP contribution < -0.4 is 5.32 Å². The van der Waals surface area contributed by atoms with Crippen molar-refractivity contribution in [3.05, 3.63) is 15.9 Å². The molecule has 3 nitrogen and oxygen atoms in total. The van der Waals surface area contributed by atoms with Gasteiger partial charge < -0.3 is 5.32 Å². The Bertz CT molecular complexity index is 392. The molecule has 1 aromatic rings. The quantitative estimate of drug-likeness (QED) is 0.781. The van der Waals surface area contributed by atoms with Crippen LogP contribution in [0.25, 0.3) is 0 Å². The fraction of sp³-hybridized carbons (Fsp3) is 0.786. The molecule has 1 aromatic heterocycles. The van der Waals surface area contributed by atoms with Crippen LogP contribution in [0.2, 0.25) is 0 Å². The van der Waals surface area contributed by atoms with Gasteiger partial charge in [-0.15, -0.1) is 0 Å². The number of halogens is 1. The molecular weight excluding hydrogens is 322 g/mol. The van der Waals surface area contributed by atoms with Crippen molar-refractivity contribution in [1.82, 2.24) is 15.1 Å². The van der Waals surface area contributed by atoms with E-state index in [1.54, 1.807) is 0 Å². The van der Waals surface area contributed by atoms with Crippen molar-refractivity contribution in [3.63, 3.8) is 0 Å². The molecular formula is C14H26BrN3S. The van der Waals surface area contributed by atoms with Crippen molar-refractivity contribution in [1.29, 1.82) is 0 Å². The summed E-state index contributed by atoms with van der Waals surface area (Å²) in [4.78, 5) is 0. The Morgan fingerprint density at radius 1 is 1.42 bits per heavy atom. The predicted octanol–water partition coefficient (Wildman–Crippen LogP) is 3.41. The van der Waals surface area contributed by atoms with Gasteiger partial charge in [-0.1, -0.05) is 20.8 Å². The molecule has 1 rings (SSSR count). The summed E-state index contributed by atoms with van der Waals surface area (Å²) in [7, 11) is 4.08. The first-order chi connectivity index (χ1) is 9.03. The Kier molecular flexibility index (Phi) is 7.47. The number of aryl methyl sites for hydroxylation is 2. The van der Waals surface area contributed by atoms with E-state index in [1.165, 1.54) is 16.6 Å². The number of thioether (sulfide) groups is 1. The second kappa shape index (κ2) is 8.32. The lowest BCUT2D eigenvalue weighted by molar-refractivity contribution is 0.579. The fourth-order valence-corrected chi connectivity index (χ4v) is 3.78. The van der Waals surface area contributed by atoms with Crippen LogP contribution in [0.5, 0.6) is 0 Å². The van der Waals surface area contributed by atoms with E-state index < -0.39 is 0 Å². The minimum Gasteiger partial charge on any atom is -0.316 e. The van der Waals surface area contributed by atoms with Crippen LogP contribution in [0.4, 0.5) is 0 Å². The average Bonchev–Trinajstić information content (AvgIpc) is 2.69. The maximum Gasteiger partial charge on any atom is 0.0766 e. The molecule has 2 unspecified atom stereocenters. The summed E-state index contributed by atoms with van der Waals surface area (Å²) in [6.07, 6.45) is 3.22. The van der Waals surface area contributed by atoms with Gasteiger partial charge in [-0.2, -0.15) is 16.9 Å². The Morgan fingerprint density at radius 2 is 2.11 bits per heavy atom. The molecule has 0 saturated carbocycles. The lowest BCUT2D eigenvalue weighted by atomic mass is 10.1. The highest BCUT2D eigenvalue weighted by atomic mass is 79.9. The predicted molar refractivity (Wildman–Crippen MR) is 89.0 cm³/mol. The van der Waals surface area contributed by atoms with Gasteiger partial charge in [0.2, 0.25) is 0 Å². The van der Waals surface area contributed by atoms with Crippen molar-refractivity contribution >= 4 is 27.7 Å². The Hall–Kier alpha value is -0.0000000000000000555. The van der Waals surface area contributed by atoms with Gasteiger partial charge in [-0.25, -0.2) is 0 Å². The normalized spacial score (nSPS) is 14.6. The van der Waals surface area contributed by atoms with Crippen molar-refractivity contribution in [3.8, 4) is 0 Å². The monoisotopic (exact) mass is 347 g/mol. The van der Waals surface area contributed by atoms with Crippen LogP contribution in [-0.2, 0) is 19.9 Å². The topological polar surface area (TPSA) is 29.9 Å². The molecule has 0 aromatic carbocycles. The van der Waals surface area contributed by atoms with E-state index in [4.69, 9.17) is 0 Å². The molecule has 1 N–H and O–H groups in total. The van der Waals surface area contributed by atoms with Crippen LogP contribution >= 0.6 is 27.7 Å². The van der Waals surface area contributed by atoms with Crippen LogP contribution in [0, 0.1) is 0 Å². The first kappa shape index (κ1) is 17.1. The van der Waals surface area contributed by atoms with Gasteiger partial charge in [0, 0.05) is 30.5 Å². The van der Waals surface area contributed by atoms with Crippen molar-refractivity contribution in [2.75, 3.05) is 12.8 Å². The molecule has 110 valence electrons. The summed E-state index contributed by atoms with van der Waals surface area (Å²) >= 11 is 5.74. The van der Waals surface area contributed by atoms with Crippen molar-refractivity contribution in [2.45, 2.75) is 51.3 Å². The first-order valence-corrected chi connectivity index (χ1v) is 8.86. The molecule has 0 radical (unpaired) electrons. The Labute approximate surface area is 130 Å². The molecule has 0 spiro atoms. The number of nitrogens with one attached hydrogen (secondary N) is 1. The highest BCUT2D eigenvalue weighted by Gasteiger charge is 2.17. The zero-order chi connectivity index (χ0) is 14.4. The molecule has 0 aliphatic heterocycles. The van der Waals surface area contributed by atoms with E-state index in [1.807, 2.05) is 30.5 Å². The van der Waals surface area contributed by atoms with E-state index in [-0.39, 0.29) is 0 Å². The van der Waals surface area contributed by atoms with E-state index in [2.05, 4.69) is 47.1 Å². The molecule has 2 atom stereocenters. The number of rotatable bonds is 8. The summed E-state index contributed by atoms with van der Waals surface area (Å²) < 4.78 is 3.20. The summed E-state index contributed by atoms with van der Waals surface area (Å²) in [6.45, 7) is 6.69. The third-order valence-corrected chi connectivity index (χ3v) is 5.92. The Morgan fingerprint density at radius 3 is 2.58 bits per heavy atom. The lowest BCUT2D eigenvalue weighted by Crippen LogP contribution is -2.31. The third kappa shape index (κ3) is 4.80. The van der Waals surface area contributed by atoms with Crippen LogP contribution in [0.1, 0.15) is 38.6 Å². The van der Waals surface area contributed by atoms with Crippen molar-refractivity contribution in [2.24, 2.45) is 7.05 Å². The van der Waals surface area contributed by atoms with Crippen molar-refractivity contribution < 1.29 is 0 Å². The SMILES string of the molecule is CCc1nn(C)c(CC(CSC(C)CC)NC)c1Br. The number of hydrogen-bond acceptors (Lipinski definition) is 3. The zero-order valence-electron chi connectivity index (χ0n) is 12.7. The van der Waals surface area contributed by atoms with Crippen LogP contribution in [0.15, 0.2) is 4.47 Å². The van der Waals surface area contributed by atoms with Gasteiger partial charge in [0.15, 0.2) is 0 Å². The second-order valence-corrected chi connectivity index (χ2v) is 7.19. The van der Waals surface area contributed by atoms with E-state index in [0.717, 1.165) is 29.5 Å². The minimum absolute atomic E-state index is 0.496. The lowest BCUT2D eigenvalue weighted by Gasteiger charge is -2.18. The number of hydrogen-bond donors (Lipinski definition) is 1. The largest absolute Gasteiger partial charge is 0.316 e. The molecule has 19 heavy (non-hydrogen) atoms. The Balaban J connectivity index is 2.67. The van der Waals surface area contributed by atoms with Gasteiger partial charge >= 0.3 is 0 Å². The number of aromatic nitrogens is 2. The highest BCUT2D eigenvalue weighted by molar-refractivity contribution is 9.10. The molecule has 0 fully saturated rings. The summed E-state index contributed by atoms with van der Waals surface area (Å²) in [5, 5.41) is 8.72. The standard InChI is InChI=1S/C14H26BrN3S/c1-6-10(3)19-9-11(16-4)8-13-14(15)12(7-2)17-18(13)5/h10-11,16H,6-9H2,1-5H3. The molecule has 1 heterocycles. The number of nitrogens with zero attached hydrogens (tertiary/aromatic N) is 2. The average molecular weight is 348 g/mol. The smallest absolute Gasteiger partial charge is 0.0766 e. The summed E-state index contributed by atoms with van der Waals surface area (Å²) in [5.74, 6) is 1.14. The fourth-order valence-electron chi connectivity index (χ4n) is 1.92. The first-order valence-electron chi connectivity index (χ1n) is 7.02. The number of likely N-dealkylation sites (N-methyl/N-ethyl adjacent to an activating group) is 1. The zero-order valence-corrected chi connectivity index (χ0v) is 15.1. The molecule has 0 amide bonds. The van der Waals surface area contributed by atoms with Gasteiger partial charge in [0.25, 0.3) is 0 Å². The van der Waals surface area contributed by atoms with Gasteiger partial charge in [0.1, 0.15) is 0 Å². The molecule has 5 heteroatoms. The molecule has 0 aliphatic carbocycles. The van der Waals surface area contributed by atoms with Gasteiger partial charge in [-0.05, 0) is 35.8 Å². The maximum absolute atomic E-state index is 4.56. The van der Waals surface area contributed by atoms with Crippen LogP contribution in [0.3, 0.4) is 0 Å². The van der Waals surface area contributed by atoms with Crippen LogP contribution in [-0.4, -0.2) is 33.9 Å². The summed E-state index contributed by atoms with van der Waals surface area (Å²) in [6, 6.07) is 0.496. The second-order valence-electron chi connectivity index (χ2n) is 4.93. The van der Waals surface area contributed by atoms with Gasteiger partial charge in [-0.3, -0.25) is 4.68 Å². The minimum atomic E-state index is 0.496. The maximum atomic E-state index is 4.56. The molecule has 0 aliphatic rings. The molecule has 0 saturated heterocycles. The van der Waals surface area contributed by atoms with E-state index in [0.29, 0.717) is 6.04 Å². The highest BCUT2D eigenvalue weighted by Crippen LogP contribution is 2.24. The molecule has 0 bridgehead atoms. The van der Waals surface area contributed by atoms with E-state index in [9.17, 15) is 0 Å². The summed E-state index contributed by atoms with van der Waals surface area (Å²) in [5.41, 5.74) is 2.45. The van der Waals surface area contributed by atoms with E-state index >= 15 is 0 Å². The third-order valence-electron chi connectivity index (χ3n) is 3.51. The van der Waals surface area contributed by atoms with Gasteiger partial charge in [0.05, 0.1) is 15.9 Å².